The molecule has 0 radical (unpaired) electrons. The summed E-state index contributed by atoms with van der Waals surface area (Å²) >= 11 is 0. The van der Waals surface area contributed by atoms with Gasteiger partial charge in [0.1, 0.15) is 0 Å². The molecule has 4 rings (SSSR count). The summed E-state index contributed by atoms with van der Waals surface area (Å²) in [5.41, 5.74) is 5.78. The lowest BCUT2D eigenvalue weighted by Gasteiger charge is -2.42. The number of carbonyl (C=O) groups is 1. The van der Waals surface area contributed by atoms with Gasteiger partial charge in [0.25, 0.3) is 0 Å². The number of hydrogen-bond acceptors (Lipinski definition) is 3. The van der Waals surface area contributed by atoms with E-state index in [1.807, 2.05) is 25.1 Å². The van der Waals surface area contributed by atoms with Gasteiger partial charge in [0.2, 0.25) is 0 Å². The van der Waals surface area contributed by atoms with Gasteiger partial charge < -0.3 is 9.72 Å². The van der Waals surface area contributed by atoms with Crippen LogP contribution in [0.3, 0.4) is 0 Å². The Morgan fingerprint density at radius 3 is 2.71 bits per heavy atom. The normalized spacial score (nSPS) is 20.1. The van der Waals surface area contributed by atoms with E-state index >= 15 is 0 Å². The van der Waals surface area contributed by atoms with E-state index in [2.05, 4.69) is 51.9 Å². The fraction of sp³-hybridized carbons (Fsp3) is 0.346. The number of hydrogen-bond donors (Lipinski definition) is 1. The van der Waals surface area contributed by atoms with E-state index in [9.17, 15) is 9.18 Å². The van der Waals surface area contributed by atoms with Crippen LogP contribution >= 0.6 is 0 Å². The number of nitrogens with one attached hydrogen (secondary N) is 1. The average Bonchev–Trinajstić information content (AvgIpc) is 3.16. The molecule has 0 amide bonds. The summed E-state index contributed by atoms with van der Waals surface area (Å²) in [5.74, 6) is -0.405. The molecule has 0 saturated carbocycles. The highest BCUT2D eigenvalue weighted by atomic mass is 19.1. The molecule has 0 unspecified atom stereocenters. The number of nitrogens with zero attached hydrogens (tertiary/aromatic N) is 1. The van der Waals surface area contributed by atoms with Crippen molar-refractivity contribution in [2.75, 3.05) is 20.3 Å². The van der Waals surface area contributed by atoms with E-state index in [4.69, 9.17) is 0 Å². The van der Waals surface area contributed by atoms with E-state index in [0.717, 1.165) is 23.1 Å². The molecule has 4 nitrogen and oxygen atoms in total. The van der Waals surface area contributed by atoms with Gasteiger partial charge in [0, 0.05) is 35.3 Å². The quantitative estimate of drug-likeness (QED) is 0.435. The zero-order valence-corrected chi connectivity index (χ0v) is 18.3. The van der Waals surface area contributed by atoms with Gasteiger partial charge in [-0.1, -0.05) is 49.4 Å². The number of halogens is 1. The largest absolute Gasteiger partial charge is 0.466 e. The van der Waals surface area contributed by atoms with E-state index < -0.39 is 0 Å². The van der Waals surface area contributed by atoms with Crippen LogP contribution in [0.5, 0.6) is 0 Å². The monoisotopic (exact) mass is 420 g/mol. The van der Waals surface area contributed by atoms with Crippen LogP contribution in [0.1, 0.15) is 42.3 Å². The first-order valence-electron chi connectivity index (χ1n) is 10.8. The van der Waals surface area contributed by atoms with Crippen LogP contribution in [0.25, 0.3) is 17.0 Å². The zero-order valence-electron chi connectivity index (χ0n) is 18.3. The fourth-order valence-corrected chi connectivity index (χ4v) is 4.58. The molecule has 0 saturated heterocycles. The summed E-state index contributed by atoms with van der Waals surface area (Å²) in [5, 5.41) is 1.27. The Morgan fingerprint density at radius 1 is 1.26 bits per heavy atom. The number of esters is 1. The zero-order chi connectivity index (χ0) is 22.0. The number of benzene rings is 2. The van der Waals surface area contributed by atoms with Gasteiger partial charge >= 0.3 is 5.97 Å². The third kappa shape index (κ3) is 4.28. The van der Waals surface area contributed by atoms with Crippen molar-refractivity contribution in [2.45, 2.75) is 32.4 Å². The van der Waals surface area contributed by atoms with Crippen molar-refractivity contribution in [1.82, 2.24) is 9.88 Å². The molecular formula is C26H29FN2O2. The molecular weight excluding hydrogens is 391 g/mol. The third-order valence-corrected chi connectivity index (χ3v) is 6.17. The van der Waals surface area contributed by atoms with E-state index in [-0.39, 0.29) is 24.6 Å². The number of alkyl halides is 1. The average molecular weight is 421 g/mol. The Balaban J connectivity index is 1.76. The standard InChI is InChI=1S/C26H29FN2O2/c1-17(15-27)16-29-18(2)14-22-21-6-4-5-7-23(21)28-25(22)26(29)20-11-8-19(9-12-20)10-13-24(30)31-3/h4-13,17-18,26,28H,14-16H2,1-3H3/t17-,18-,26-/m1/s1. The van der Waals surface area contributed by atoms with Crippen molar-refractivity contribution in [3.8, 4) is 0 Å². The summed E-state index contributed by atoms with van der Waals surface area (Å²) in [6.07, 6.45) is 4.11. The second-order valence-electron chi connectivity index (χ2n) is 8.50. The van der Waals surface area contributed by atoms with Crippen molar-refractivity contribution in [1.29, 1.82) is 0 Å². The third-order valence-electron chi connectivity index (χ3n) is 6.17. The summed E-state index contributed by atoms with van der Waals surface area (Å²) in [6, 6.07) is 17.0. The number of para-hydroxylation sites is 1. The van der Waals surface area contributed by atoms with Crippen molar-refractivity contribution in [3.63, 3.8) is 0 Å². The molecule has 162 valence electrons. The van der Waals surface area contributed by atoms with Crippen LogP contribution in [0.4, 0.5) is 4.39 Å². The van der Waals surface area contributed by atoms with E-state index in [1.165, 1.54) is 29.8 Å². The van der Waals surface area contributed by atoms with Crippen molar-refractivity contribution in [2.24, 2.45) is 5.92 Å². The minimum Gasteiger partial charge on any atom is -0.466 e. The van der Waals surface area contributed by atoms with Crippen molar-refractivity contribution >= 4 is 22.9 Å². The van der Waals surface area contributed by atoms with Crippen molar-refractivity contribution in [3.05, 3.63) is 77.0 Å². The van der Waals surface area contributed by atoms with Crippen LogP contribution in [0.15, 0.2) is 54.6 Å². The molecule has 0 fully saturated rings. The maximum atomic E-state index is 13.4. The highest BCUT2D eigenvalue weighted by molar-refractivity contribution is 5.87. The molecule has 0 spiro atoms. The number of aromatic nitrogens is 1. The summed E-state index contributed by atoms with van der Waals surface area (Å²) in [4.78, 5) is 17.5. The molecule has 3 aromatic rings. The Kier molecular flexibility index (Phi) is 6.23. The molecule has 5 heteroatoms. The minimum atomic E-state index is -0.376. The molecule has 31 heavy (non-hydrogen) atoms. The second kappa shape index (κ2) is 9.06. The molecule has 1 aromatic heterocycles. The molecule has 1 N–H and O–H groups in total. The summed E-state index contributed by atoms with van der Waals surface area (Å²) in [7, 11) is 1.37. The Bertz CT molecular complexity index is 1090. The molecule has 1 aliphatic heterocycles. The first-order chi connectivity index (χ1) is 15.0. The number of rotatable bonds is 6. The first-order valence-corrected chi connectivity index (χ1v) is 10.8. The Hall–Kier alpha value is -2.92. The number of carbonyl (C=O) groups excluding carboxylic acids is 1. The predicted molar refractivity (Wildman–Crippen MR) is 123 cm³/mol. The maximum absolute atomic E-state index is 13.4. The van der Waals surface area contributed by atoms with E-state index in [1.54, 1.807) is 6.08 Å². The van der Waals surface area contributed by atoms with E-state index in [0.29, 0.717) is 12.6 Å². The van der Waals surface area contributed by atoms with Crippen LogP contribution in [0, 0.1) is 5.92 Å². The van der Waals surface area contributed by atoms with Gasteiger partial charge in [0.05, 0.1) is 19.8 Å². The number of ether oxygens (including phenoxy) is 1. The number of fused-ring (bicyclic) bond motifs is 3. The second-order valence-corrected chi connectivity index (χ2v) is 8.50. The lowest BCUT2D eigenvalue weighted by atomic mass is 9.87. The summed E-state index contributed by atoms with van der Waals surface area (Å²) in [6.45, 7) is 4.56. The number of methoxy groups -OCH3 is 1. The Labute approximate surface area is 182 Å². The maximum Gasteiger partial charge on any atom is 0.330 e. The van der Waals surface area contributed by atoms with Gasteiger partial charge in [0.15, 0.2) is 0 Å². The molecule has 0 bridgehead atoms. The van der Waals surface area contributed by atoms with Crippen LogP contribution in [0.2, 0.25) is 0 Å². The fourth-order valence-electron chi connectivity index (χ4n) is 4.58. The SMILES string of the molecule is COC(=O)C=Cc1ccc([C@@H]2c3[nH]c4ccccc4c3C[C@@H](C)N2C[C@H](C)CF)cc1. The van der Waals surface area contributed by atoms with Crippen molar-refractivity contribution < 1.29 is 13.9 Å². The van der Waals surface area contributed by atoms with Crippen LogP contribution in [-0.2, 0) is 16.0 Å². The van der Waals surface area contributed by atoms with Gasteiger partial charge in [-0.05, 0) is 48.1 Å². The molecule has 1 aliphatic rings. The van der Waals surface area contributed by atoms with Crippen LogP contribution in [-0.4, -0.2) is 42.2 Å². The number of aromatic amines is 1. The minimum absolute atomic E-state index is 0.0267. The lowest BCUT2D eigenvalue weighted by molar-refractivity contribution is -0.134. The van der Waals surface area contributed by atoms with Crippen LogP contribution < -0.4 is 0 Å². The van der Waals surface area contributed by atoms with Gasteiger partial charge in [-0.2, -0.15) is 0 Å². The Morgan fingerprint density at radius 2 is 2.00 bits per heavy atom. The highest BCUT2D eigenvalue weighted by Gasteiger charge is 2.36. The summed E-state index contributed by atoms with van der Waals surface area (Å²) < 4.78 is 18.1. The lowest BCUT2D eigenvalue weighted by Crippen LogP contribution is -2.45. The smallest absolute Gasteiger partial charge is 0.330 e. The van der Waals surface area contributed by atoms with Gasteiger partial charge in [-0.25, -0.2) is 4.79 Å². The first kappa shape index (κ1) is 21.3. The molecule has 0 aliphatic carbocycles. The number of H-pyrrole nitrogens is 1. The molecule has 3 atom stereocenters. The molecule has 2 aromatic carbocycles. The van der Waals surface area contributed by atoms with Gasteiger partial charge in [-0.15, -0.1) is 0 Å². The van der Waals surface area contributed by atoms with Gasteiger partial charge in [-0.3, -0.25) is 9.29 Å². The highest BCUT2D eigenvalue weighted by Crippen LogP contribution is 2.41. The topological polar surface area (TPSA) is 45.3 Å². The molecule has 2 heterocycles. The predicted octanol–water partition coefficient (Wildman–Crippen LogP) is 5.30.